The maximum Gasteiger partial charge on any atom is 0.234 e. The van der Waals surface area contributed by atoms with Crippen molar-refractivity contribution in [2.45, 2.75) is 24.6 Å². The Bertz CT molecular complexity index is 1200. The summed E-state index contributed by atoms with van der Waals surface area (Å²) in [6.45, 7) is 4.25. The molecule has 1 aliphatic heterocycles. The van der Waals surface area contributed by atoms with E-state index in [0.717, 1.165) is 22.5 Å². The Morgan fingerprint density at radius 2 is 1.85 bits per heavy atom. The molecule has 1 aromatic heterocycles. The summed E-state index contributed by atoms with van der Waals surface area (Å²) in [5, 5.41) is 14.0. The summed E-state index contributed by atoms with van der Waals surface area (Å²) in [7, 11) is 0. The first-order valence-electron chi connectivity index (χ1n) is 10.4. The summed E-state index contributed by atoms with van der Waals surface area (Å²) >= 11 is 2.45. The van der Waals surface area contributed by atoms with Gasteiger partial charge in [0.2, 0.25) is 22.9 Å². The highest BCUT2D eigenvalue weighted by molar-refractivity contribution is 8.01. The van der Waals surface area contributed by atoms with Gasteiger partial charge in [0.1, 0.15) is 0 Å². The van der Waals surface area contributed by atoms with E-state index in [1.807, 2.05) is 62.4 Å². The predicted molar refractivity (Wildman–Crippen MR) is 131 cm³/mol. The van der Waals surface area contributed by atoms with Crippen molar-refractivity contribution in [2.75, 3.05) is 27.8 Å². The average Bonchev–Trinajstić information content (AvgIpc) is 3.38. The van der Waals surface area contributed by atoms with E-state index in [2.05, 4.69) is 20.8 Å². The van der Waals surface area contributed by atoms with Gasteiger partial charge in [0.15, 0.2) is 4.34 Å². The molecule has 3 aromatic rings. The van der Waals surface area contributed by atoms with Crippen LogP contribution in [0, 0.1) is 19.8 Å². The van der Waals surface area contributed by atoms with Crippen molar-refractivity contribution in [3.05, 3.63) is 59.7 Å². The Labute approximate surface area is 199 Å². The van der Waals surface area contributed by atoms with Crippen molar-refractivity contribution in [1.29, 1.82) is 0 Å². The highest BCUT2D eigenvalue weighted by atomic mass is 32.2. The smallest absolute Gasteiger partial charge is 0.234 e. The molecule has 0 aliphatic carbocycles. The number of benzene rings is 2. The molecule has 1 aliphatic rings. The molecule has 33 heavy (non-hydrogen) atoms. The van der Waals surface area contributed by atoms with Gasteiger partial charge in [-0.25, -0.2) is 0 Å². The van der Waals surface area contributed by atoms with Gasteiger partial charge in [-0.2, -0.15) is 0 Å². The number of carbonyl (C=O) groups is 3. The zero-order valence-corrected chi connectivity index (χ0v) is 19.8. The number of nitrogens with one attached hydrogen (secondary N) is 2. The molecule has 2 heterocycles. The molecule has 8 nitrogen and oxygen atoms in total. The van der Waals surface area contributed by atoms with E-state index in [0.29, 0.717) is 16.0 Å². The number of aryl methyl sites for hydroxylation is 2. The van der Waals surface area contributed by atoms with Crippen LogP contribution in [0.3, 0.4) is 0 Å². The van der Waals surface area contributed by atoms with Crippen molar-refractivity contribution in [2.24, 2.45) is 5.92 Å². The third-order valence-corrected chi connectivity index (χ3v) is 7.05. The zero-order chi connectivity index (χ0) is 23.4. The molecule has 4 rings (SSSR count). The normalized spacial score (nSPS) is 15.5. The molecule has 1 atom stereocenters. The molecule has 0 bridgehead atoms. The van der Waals surface area contributed by atoms with Gasteiger partial charge in [-0.05, 0) is 49.2 Å². The number of anilines is 3. The maximum absolute atomic E-state index is 12.7. The second kappa shape index (κ2) is 10.1. The Morgan fingerprint density at radius 3 is 2.61 bits per heavy atom. The van der Waals surface area contributed by atoms with Crippen LogP contribution < -0.4 is 15.5 Å². The molecule has 1 saturated heterocycles. The van der Waals surface area contributed by atoms with E-state index in [4.69, 9.17) is 0 Å². The summed E-state index contributed by atoms with van der Waals surface area (Å²) < 4.78 is 0.577. The van der Waals surface area contributed by atoms with Crippen LogP contribution in [0.1, 0.15) is 17.5 Å². The first-order valence-corrected chi connectivity index (χ1v) is 12.2. The molecule has 1 fully saturated rings. The molecule has 170 valence electrons. The molecule has 3 amide bonds. The molecule has 0 saturated carbocycles. The minimum absolute atomic E-state index is 0.0751. The Balaban J connectivity index is 1.28. The molecular formula is C23H23N5O3S2. The number of thioether (sulfide) groups is 1. The number of amides is 3. The maximum atomic E-state index is 12.7. The van der Waals surface area contributed by atoms with Crippen LogP contribution in [0.15, 0.2) is 52.9 Å². The Morgan fingerprint density at radius 1 is 1.09 bits per heavy atom. The lowest BCUT2D eigenvalue weighted by molar-refractivity contribution is -0.122. The second-order valence-electron chi connectivity index (χ2n) is 7.81. The van der Waals surface area contributed by atoms with Gasteiger partial charge in [-0.3, -0.25) is 14.4 Å². The van der Waals surface area contributed by atoms with Crippen LogP contribution in [-0.2, 0) is 14.4 Å². The van der Waals surface area contributed by atoms with Crippen LogP contribution in [0.2, 0.25) is 0 Å². The third kappa shape index (κ3) is 5.96. The molecule has 2 aromatic carbocycles. The van der Waals surface area contributed by atoms with Crippen LogP contribution in [0.5, 0.6) is 0 Å². The minimum atomic E-state index is -0.460. The molecule has 10 heteroatoms. The van der Waals surface area contributed by atoms with Crippen molar-refractivity contribution < 1.29 is 14.4 Å². The topological polar surface area (TPSA) is 104 Å². The predicted octanol–water partition coefficient (Wildman–Crippen LogP) is 3.88. The van der Waals surface area contributed by atoms with E-state index in [-0.39, 0.29) is 29.9 Å². The number of aromatic nitrogens is 2. The Hall–Kier alpha value is -3.24. The summed E-state index contributed by atoms with van der Waals surface area (Å²) in [6, 6.07) is 15.2. The highest BCUT2D eigenvalue weighted by Gasteiger charge is 2.35. The van der Waals surface area contributed by atoms with Crippen molar-refractivity contribution in [3.63, 3.8) is 0 Å². The Kier molecular flexibility index (Phi) is 7.05. The van der Waals surface area contributed by atoms with Crippen LogP contribution in [-0.4, -0.2) is 40.2 Å². The van der Waals surface area contributed by atoms with E-state index in [1.54, 1.807) is 4.90 Å². The second-order valence-corrected chi connectivity index (χ2v) is 10.0. The summed E-state index contributed by atoms with van der Waals surface area (Å²) in [6.07, 6.45) is 0.152. The fourth-order valence-corrected chi connectivity index (χ4v) is 5.06. The molecule has 1 unspecified atom stereocenters. The lowest BCUT2D eigenvalue weighted by atomic mass is 10.1. The van der Waals surface area contributed by atoms with E-state index in [1.165, 1.54) is 23.1 Å². The van der Waals surface area contributed by atoms with Crippen LogP contribution in [0.4, 0.5) is 16.5 Å². The van der Waals surface area contributed by atoms with Gasteiger partial charge in [-0.1, -0.05) is 47.4 Å². The molecule has 2 N–H and O–H groups in total. The highest BCUT2D eigenvalue weighted by Crippen LogP contribution is 2.29. The number of rotatable bonds is 7. The number of nitrogens with zero attached hydrogens (tertiary/aromatic N) is 3. The zero-order valence-electron chi connectivity index (χ0n) is 18.2. The average molecular weight is 482 g/mol. The van der Waals surface area contributed by atoms with Crippen molar-refractivity contribution in [1.82, 2.24) is 10.2 Å². The number of hydrogen-bond donors (Lipinski definition) is 2. The first-order chi connectivity index (χ1) is 15.9. The van der Waals surface area contributed by atoms with Gasteiger partial charge in [0.05, 0.1) is 11.7 Å². The summed E-state index contributed by atoms with van der Waals surface area (Å²) in [5.41, 5.74) is 3.67. The van der Waals surface area contributed by atoms with E-state index in [9.17, 15) is 14.4 Å². The monoisotopic (exact) mass is 481 g/mol. The minimum Gasteiger partial charge on any atom is -0.325 e. The van der Waals surface area contributed by atoms with E-state index < -0.39 is 5.92 Å². The quantitative estimate of drug-likeness (QED) is 0.392. The summed E-state index contributed by atoms with van der Waals surface area (Å²) in [5.74, 6) is -0.762. The number of hydrogen-bond acceptors (Lipinski definition) is 7. The molecule has 0 spiro atoms. The van der Waals surface area contributed by atoms with Gasteiger partial charge in [0.25, 0.3) is 0 Å². The van der Waals surface area contributed by atoms with Crippen molar-refractivity contribution in [3.8, 4) is 0 Å². The van der Waals surface area contributed by atoms with Crippen molar-refractivity contribution >= 4 is 57.3 Å². The molecule has 0 radical (unpaired) electrons. The lowest BCUT2D eigenvalue weighted by Gasteiger charge is -2.17. The van der Waals surface area contributed by atoms with Gasteiger partial charge in [0, 0.05) is 24.3 Å². The van der Waals surface area contributed by atoms with Gasteiger partial charge < -0.3 is 15.5 Å². The van der Waals surface area contributed by atoms with Gasteiger partial charge >= 0.3 is 0 Å². The first kappa shape index (κ1) is 22.9. The fourth-order valence-electron chi connectivity index (χ4n) is 3.50. The SMILES string of the molecule is Cc1cccc(NC(=O)CSc2nnc(NC(=O)C3CC(=O)N(c4cccc(C)c4)C3)s2)c1. The van der Waals surface area contributed by atoms with Gasteiger partial charge in [-0.15, -0.1) is 10.2 Å². The fraction of sp³-hybridized carbons (Fsp3) is 0.261. The standard InChI is InChI=1S/C23H23N5O3S2/c1-14-5-3-7-17(9-14)24-19(29)13-32-23-27-26-22(33-23)25-21(31)16-11-20(30)28(12-16)18-8-4-6-15(2)10-18/h3-10,16H,11-13H2,1-2H3,(H,24,29)(H,25,26,31). The van der Waals surface area contributed by atoms with Crippen LogP contribution >= 0.6 is 23.1 Å². The third-order valence-electron chi connectivity index (χ3n) is 5.07. The van der Waals surface area contributed by atoms with Crippen LogP contribution in [0.25, 0.3) is 0 Å². The molecular weight excluding hydrogens is 458 g/mol. The largest absolute Gasteiger partial charge is 0.325 e. The van der Waals surface area contributed by atoms with E-state index >= 15 is 0 Å². The summed E-state index contributed by atoms with van der Waals surface area (Å²) in [4.78, 5) is 38.9. The number of carbonyl (C=O) groups excluding carboxylic acids is 3. The lowest BCUT2D eigenvalue weighted by Crippen LogP contribution is -2.28.